The van der Waals surface area contributed by atoms with E-state index in [4.69, 9.17) is 25.8 Å². The van der Waals surface area contributed by atoms with Gasteiger partial charge in [-0.2, -0.15) is 0 Å². The number of rotatable bonds is 5. The number of amides is 1. The summed E-state index contributed by atoms with van der Waals surface area (Å²) in [7, 11) is 4.68. The molecule has 1 amide bonds. The van der Waals surface area contributed by atoms with Gasteiger partial charge in [-0.3, -0.25) is 9.36 Å². The van der Waals surface area contributed by atoms with Gasteiger partial charge in [0.05, 0.1) is 27.0 Å². The predicted molar refractivity (Wildman–Crippen MR) is 110 cm³/mol. The minimum Gasteiger partial charge on any atom is -0.493 e. The highest BCUT2D eigenvalue weighted by molar-refractivity contribution is 6.30. The van der Waals surface area contributed by atoms with Gasteiger partial charge in [0.15, 0.2) is 11.5 Å². The summed E-state index contributed by atoms with van der Waals surface area (Å²) in [6, 6.07) is 11.0. The van der Waals surface area contributed by atoms with Crippen LogP contribution in [0.2, 0.25) is 5.02 Å². The number of benzene rings is 2. The van der Waals surface area contributed by atoms with E-state index in [2.05, 4.69) is 10.3 Å². The summed E-state index contributed by atoms with van der Waals surface area (Å²) in [5.41, 5.74) is 2.36. The number of hydrogen-bond acceptors (Lipinski definition) is 5. The highest BCUT2D eigenvalue weighted by Crippen LogP contribution is 2.47. The number of ether oxygens (including phenoxy) is 3. The topological polar surface area (TPSA) is 74.6 Å². The fourth-order valence-electron chi connectivity index (χ4n) is 3.68. The Morgan fingerprint density at radius 2 is 1.90 bits per heavy atom. The van der Waals surface area contributed by atoms with E-state index in [-0.39, 0.29) is 18.2 Å². The average Bonchev–Trinajstić information content (AvgIpc) is 3.15. The van der Waals surface area contributed by atoms with Crippen LogP contribution in [0.3, 0.4) is 0 Å². The van der Waals surface area contributed by atoms with Crippen molar-refractivity contribution in [2.24, 2.45) is 0 Å². The Balaban J connectivity index is 1.86. The molecule has 0 bridgehead atoms. The molecule has 0 saturated heterocycles. The monoisotopic (exact) mass is 413 g/mol. The second-order valence-corrected chi connectivity index (χ2v) is 6.99. The zero-order chi connectivity index (χ0) is 20.5. The van der Waals surface area contributed by atoms with E-state index in [1.807, 2.05) is 28.8 Å². The van der Waals surface area contributed by atoms with E-state index >= 15 is 0 Å². The number of anilines is 1. The first kappa shape index (κ1) is 19.1. The Labute approximate surface area is 173 Å². The third kappa shape index (κ3) is 3.27. The van der Waals surface area contributed by atoms with E-state index in [0.29, 0.717) is 28.1 Å². The van der Waals surface area contributed by atoms with Gasteiger partial charge >= 0.3 is 0 Å². The first-order chi connectivity index (χ1) is 14.1. The Bertz CT molecular complexity index is 1080. The molecule has 0 fully saturated rings. The van der Waals surface area contributed by atoms with E-state index in [9.17, 15) is 4.79 Å². The highest BCUT2D eigenvalue weighted by atomic mass is 35.5. The number of methoxy groups -OCH3 is 3. The van der Waals surface area contributed by atoms with Crippen LogP contribution in [0.4, 0.5) is 5.82 Å². The SMILES string of the molecule is COc1ccc([C@@H]2CC(=O)Nc3c2ncn3-c2cccc(Cl)c2)c(OC)c1OC. The number of halogens is 1. The molecule has 0 aliphatic carbocycles. The molecule has 1 atom stereocenters. The summed E-state index contributed by atoms with van der Waals surface area (Å²) in [6.07, 6.45) is 1.92. The lowest BCUT2D eigenvalue weighted by Gasteiger charge is -2.25. The molecular formula is C21H20ClN3O4. The zero-order valence-electron chi connectivity index (χ0n) is 16.2. The summed E-state index contributed by atoms with van der Waals surface area (Å²) >= 11 is 6.14. The lowest BCUT2D eigenvalue weighted by molar-refractivity contribution is -0.116. The summed E-state index contributed by atoms with van der Waals surface area (Å²) in [5.74, 6) is 1.77. The molecule has 8 heteroatoms. The number of fused-ring (bicyclic) bond motifs is 1. The second-order valence-electron chi connectivity index (χ2n) is 6.56. The van der Waals surface area contributed by atoms with Crippen molar-refractivity contribution in [3.05, 3.63) is 59.0 Å². The molecule has 0 radical (unpaired) electrons. The fraction of sp³-hybridized carbons (Fsp3) is 0.238. The first-order valence-electron chi connectivity index (χ1n) is 8.99. The quantitative estimate of drug-likeness (QED) is 0.683. The molecule has 150 valence electrons. The van der Waals surface area contributed by atoms with E-state index in [0.717, 1.165) is 16.9 Å². The number of hydrogen-bond donors (Lipinski definition) is 1. The molecule has 0 unspecified atom stereocenters. The number of imidazole rings is 1. The van der Waals surface area contributed by atoms with Gasteiger partial charge in [0.1, 0.15) is 12.1 Å². The van der Waals surface area contributed by atoms with Gasteiger partial charge in [0.25, 0.3) is 0 Å². The molecule has 29 heavy (non-hydrogen) atoms. The molecule has 0 spiro atoms. The van der Waals surface area contributed by atoms with Crippen molar-refractivity contribution >= 4 is 23.3 Å². The molecule has 1 N–H and O–H groups in total. The first-order valence-corrected chi connectivity index (χ1v) is 9.37. The summed E-state index contributed by atoms with van der Waals surface area (Å²) in [4.78, 5) is 17.2. The van der Waals surface area contributed by atoms with Crippen LogP contribution in [0.15, 0.2) is 42.7 Å². The van der Waals surface area contributed by atoms with Gasteiger partial charge in [-0.1, -0.05) is 23.7 Å². The second kappa shape index (κ2) is 7.67. The number of carbonyl (C=O) groups excluding carboxylic acids is 1. The average molecular weight is 414 g/mol. The third-order valence-electron chi connectivity index (χ3n) is 4.97. The molecule has 7 nitrogen and oxygen atoms in total. The van der Waals surface area contributed by atoms with E-state index < -0.39 is 0 Å². The maximum absolute atomic E-state index is 12.6. The van der Waals surface area contributed by atoms with E-state index in [1.54, 1.807) is 39.8 Å². The van der Waals surface area contributed by atoms with Gasteiger partial charge in [-0.15, -0.1) is 0 Å². The maximum Gasteiger partial charge on any atom is 0.226 e. The largest absolute Gasteiger partial charge is 0.493 e. The van der Waals surface area contributed by atoms with Crippen LogP contribution < -0.4 is 19.5 Å². The van der Waals surface area contributed by atoms with Crippen LogP contribution in [0.5, 0.6) is 17.2 Å². The van der Waals surface area contributed by atoms with Crippen LogP contribution in [-0.4, -0.2) is 36.8 Å². The smallest absolute Gasteiger partial charge is 0.226 e. The van der Waals surface area contributed by atoms with Crippen LogP contribution >= 0.6 is 11.6 Å². The molecular weight excluding hydrogens is 394 g/mol. The molecule has 1 aliphatic rings. The Hall–Kier alpha value is -3.19. The molecule has 3 aromatic rings. The van der Waals surface area contributed by atoms with Crippen LogP contribution in [0, 0.1) is 0 Å². The molecule has 2 aromatic carbocycles. The minimum absolute atomic E-state index is 0.108. The summed E-state index contributed by atoms with van der Waals surface area (Å²) < 4.78 is 18.3. The Morgan fingerprint density at radius 1 is 1.10 bits per heavy atom. The lowest BCUT2D eigenvalue weighted by atomic mass is 9.88. The standard InChI is InChI=1S/C21H20ClN3O4/c1-27-16-8-7-14(19(28-2)20(16)29-3)15-10-17(26)24-21-18(15)23-11-25(21)13-6-4-5-12(22)9-13/h4-9,11,15H,10H2,1-3H3,(H,24,26)/t15-/m0/s1. The fourth-order valence-corrected chi connectivity index (χ4v) is 3.87. The van der Waals surface area contributed by atoms with Crippen molar-refractivity contribution in [2.75, 3.05) is 26.6 Å². The predicted octanol–water partition coefficient (Wildman–Crippen LogP) is 4.03. The third-order valence-corrected chi connectivity index (χ3v) is 5.20. The van der Waals surface area contributed by atoms with Crippen LogP contribution in [0.1, 0.15) is 23.6 Å². The Kier molecular flexibility index (Phi) is 5.07. The van der Waals surface area contributed by atoms with Gasteiger partial charge in [0.2, 0.25) is 11.7 Å². The molecule has 1 aromatic heterocycles. The maximum atomic E-state index is 12.6. The molecule has 2 heterocycles. The zero-order valence-corrected chi connectivity index (χ0v) is 17.0. The summed E-state index contributed by atoms with van der Waals surface area (Å²) in [5, 5.41) is 3.54. The minimum atomic E-state index is -0.297. The van der Waals surface area contributed by atoms with Gasteiger partial charge in [0, 0.05) is 28.6 Å². The number of aromatic nitrogens is 2. The van der Waals surface area contributed by atoms with Crippen molar-refractivity contribution in [1.82, 2.24) is 9.55 Å². The van der Waals surface area contributed by atoms with Gasteiger partial charge in [-0.05, 0) is 24.3 Å². The van der Waals surface area contributed by atoms with Gasteiger partial charge < -0.3 is 19.5 Å². The summed E-state index contributed by atoms with van der Waals surface area (Å²) in [6.45, 7) is 0. The highest BCUT2D eigenvalue weighted by Gasteiger charge is 2.34. The van der Waals surface area contributed by atoms with Gasteiger partial charge in [-0.25, -0.2) is 4.98 Å². The molecule has 4 rings (SSSR count). The lowest BCUT2D eigenvalue weighted by Crippen LogP contribution is -2.25. The van der Waals surface area contributed by atoms with Crippen molar-refractivity contribution in [3.63, 3.8) is 0 Å². The molecule has 1 aliphatic heterocycles. The van der Waals surface area contributed by atoms with Crippen molar-refractivity contribution in [3.8, 4) is 22.9 Å². The number of nitrogens with zero attached hydrogens (tertiary/aromatic N) is 2. The number of nitrogens with one attached hydrogen (secondary N) is 1. The van der Waals surface area contributed by atoms with Crippen LogP contribution in [-0.2, 0) is 4.79 Å². The van der Waals surface area contributed by atoms with E-state index in [1.165, 1.54) is 0 Å². The van der Waals surface area contributed by atoms with Crippen LogP contribution in [0.25, 0.3) is 5.69 Å². The Morgan fingerprint density at radius 3 is 2.59 bits per heavy atom. The normalized spacial score (nSPS) is 15.4. The number of carbonyl (C=O) groups is 1. The molecule has 0 saturated carbocycles. The van der Waals surface area contributed by atoms with Crippen molar-refractivity contribution in [2.45, 2.75) is 12.3 Å². The van der Waals surface area contributed by atoms with Crippen molar-refractivity contribution in [1.29, 1.82) is 0 Å². The van der Waals surface area contributed by atoms with Crippen molar-refractivity contribution < 1.29 is 19.0 Å².